The van der Waals surface area contributed by atoms with Crippen molar-refractivity contribution in [2.45, 2.75) is 45.7 Å². The fourth-order valence-corrected chi connectivity index (χ4v) is 2.74. The largest absolute Gasteiger partial charge is 0.380 e. The molecule has 10 heteroatoms. The van der Waals surface area contributed by atoms with Gasteiger partial charge in [0.15, 0.2) is 17.2 Å². The summed E-state index contributed by atoms with van der Waals surface area (Å²) in [4.78, 5) is 20.7. The third kappa shape index (κ3) is 5.58. The molecule has 0 bridgehead atoms. The fraction of sp³-hybridized carbons (Fsp3) is 0.474. The van der Waals surface area contributed by atoms with Crippen LogP contribution in [0.1, 0.15) is 49.8 Å². The molecule has 1 fully saturated rings. The smallest absolute Gasteiger partial charge is 0.273 e. The number of anilines is 3. The third-order valence-electron chi connectivity index (χ3n) is 4.34. The zero-order valence-corrected chi connectivity index (χ0v) is 16.7. The lowest BCUT2D eigenvalue weighted by Gasteiger charge is -2.34. The van der Waals surface area contributed by atoms with Crippen molar-refractivity contribution in [3.05, 3.63) is 29.8 Å². The van der Waals surface area contributed by atoms with Gasteiger partial charge in [-0.2, -0.15) is 5.26 Å². The maximum Gasteiger partial charge on any atom is 0.273 e. The van der Waals surface area contributed by atoms with E-state index in [9.17, 15) is 4.79 Å². The minimum Gasteiger partial charge on any atom is -0.380 e. The number of nitrogens with two attached hydrogens (primary N) is 1. The quantitative estimate of drug-likeness (QED) is 0.570. The molecule has 2 aromatic rings. The van der Waals surface area contributed by atoms with E-state index < -0.39 is 0 Å². The van der Waals surface area contributed by atoms with Gasteiger partial charge in [0.1, 0.15) is 11.9 Å². The van der Waals surface area contributed by atoms with Gasteiger partial charge in [0.2, 0.25) is 0 Å². The number of nitrogens with one attached hydrogen (secondary N) is 3. The fourth-order valence-electron chi connectivity index (χ4n) is 2.74. The Balaban J connectivity index is 1.79. The Morgan fingerprint density at radius 1 is 1.24 bits per heavy atom. The Kier molecular flexibility index (Phi) is 5.89. The molecule has 1 saturated carbocycles. The molecule has 2 aromatic heterocycles. The molecule has 3 rings (SSSR count). The molecule has 0 saturated heterocycles. The van der Waals surface area contributed by atoms with Crippen LogP contribution >= 0.6 is 0 Å². The average molecular weight is 395 g/mol. The SMILES string of the molecule is CC(C)(C)CNC(=O)c1nnc(Nc2cnc(C#N)cn2)cc1NC1CC(N)C1. The van der Waals surface area contributed by atoms with Crippen LogP contribution in [0, 0.1) is 16.7 Å². The summed E-state index contributed by atoms with van der Waals surface area (Å²) in [6, 6.07) is 3.98. The summed E-state index contributed by atoms with van der Waals surface area (Å²) in [6.07, 6.45) is 4.45. The summed E-state index contributed by atoms with van der Waals surface area (Å²) in [5.74, 6) is 0.533. The van der Waals surface area contributed by atoms with Crippen molar-refractivity contribution in [3.63, 3.8) is 0 Å². The van der Waals surface area contributed by atoms with E-state index in [1.54, 1.807) is 6.07 Å². The molecule has 1 aliphatic carbocycles. The standard InChI is InChI=1S/C19H25N9O/c1-19(2,3)10-24-18(29)17-14(25-12-4-11(21)5-12)6-15(27-28-17)26-16-9-22-13(7-20)8-23-16/h6,8-9,11-12H,4-5,10,21H2,1-3H3,(H,24,29)(H2,23,25,26,27). The first-order valence-corrected chi connectivity index (χ1v) is 9.41. The van der Waals surface area contributed by atoms with Gasteiger partial charge >= 0.3 is 0 Å². The number of hydrogen-bond acceptors (Lipinski definition) is 9. The predicted octanol–water partition coefficient (Wildman–Crippen LogP) is 1.56. The van der Waals surface area contributed by atoms with E-state index in [0.717, 1.165) is 12.8 Å². The normalized spacial score (nSPS) is 18.3. The van der Waals surface area contributed by atoms with Crippen LogP contribution < -0.4 is 21.7 Å². The molecule has 2 heterocycles. The number of nitrogens with zero attached hydrogens (tertiary/aromatic N) is 5. The first kappa shape index (κ1) is 20.4. The number of aromatic nitrogens is 4. The van der Waals surface area contributed by atoms with Gasteiger partial charge in [0.25, 0.3) is 5.91 Å². The molecular formula is C19H25N9O. The van der Waals surface area contributed by atoms with Crippen molar-refractivity contribution >= 4 is 23.2 Å². The van der Waals surface area contributed by atoms with Gasteiger partial charge in [0.05, 0.1) is 18.1 Å². The molecule has 0 radical (unpaired) electrons. The van der Waals surface area contributed by atoms with E-state index >= 15 is 0 Å². The summed E-state index contributed by atoms with van der Waals surface area (Å²) in [5.41, 5.74) is 6.85. The lowest BCUT2D eigenvalue weighted by atomic mass is 9.87. The van der Waals surface area contributed by atoms with Gasteiger partial charge < -0.3 is 21.7 Å². The van der Waals surface area contributed by atoms with Crippen LogP contribution in [0.15, 0.2) is 18.5 Å². The zero-order valence-electron chi connectivity index (χ0n) is 16.7. The van der Waals surface area contributed by atoms with Gasteiger partial charge in [-0.15, -0.1) is 10.2 Å². The molecule has 0 atom stereocenters. The maximum atomic E-state index is 12.7. The van der Waals surface area contributed by atoms with Gasteiger partial charge in [0, 0.05) is 24.7 Å². The number of carbonyl (C=O) groups excluding carboxylic acids is 1. The Labute approximate surface area is 169 Å². The van der Waals surface area contributed by atoms with E-state index in [-0.39, 0.29) is 34.8 Å². The minimum absolute atomic E-state index is 0.0484. The number of hydrogen-bond donors (Lipinski definition) is 4. The molecule has 1 aliphatic rings. The van der Waals surface area contributed by atoms with Crippen LogP contribution in [-0.2, 0) is 0 Å². The van der Waals surface area contributed by atoms with E-state index in [1.807, 2.05) is 26.8 Å². The monoisotopic (exact) mass is 395 g/mol. The summed E-state index contributed by atoms with van der Waals surface area (Å²) in [5, 5.41) is 26.2. The van der Waals surface area contributed by atoms with Crippen molar-refractivity contribution < 1.29 is 4.79 Å². The number of rotatable bonds is 6. The Morgan fingerprint density at radius 3 is 2.59 bits per heavy atom. The molecule has 29 heavy (non-hydrogen) atoms. The second-order valence-corrected chi connectivity index (χ2v) is 8.33. The van der Waals surface area contributed by atoms with E-state index in [4.69, 9.17) is 11.0 Å². The number of carbonyl (C=O) groups is 1. The van der Waals surface area contributed by atoms with Crippen molar-refractivity contribution in [3.8, 4) is 6.07 Å². The van der Waals surface area contributed by atoms with Crippen molar-refractivity contribution in [1.29, 1.82) is 5.26 Å². The number of nitriles is 1. The van der Waals surface area contributed by atoms with Gasteiger partial charge in [-0.25, -0.2) is 9.97 Å². The third-order valence-corrected chi connectivity index (χ3v) is 4.34. The summed E-state index contributed by atoms with van der Waals surface area (Å²) < 4.78 is 0. The van der Waals surface area contributed by atoms with Crippen LogP contribution in [-0.4, -0.2) is 44.7 Å². The second kappa shape index (κ2) is 8.36. The lowest BCUT2D eigenvalue weighted by molar-refractivity contribution is 0.0934. The zero-order chi connectivity index (χ0) is 21.0. The molecule has 0 unspecified atom stereocenters. The molecular weight excluding hydrogens is 370 g/mol. The minimum atomic E-state index is -0.289. The van der Waals surface area contributed by atoms with Crippen molar-refractivity contribution in [2.75, 3.05) is 17.2 Å². The summed E-state index contributed by atoms with van der Waals surface area (Å²) >= 11 is 0. The highest BCUT2D eigenvalue weighted by Crippen LogP contribution is 2.26. The molecule has 10 nitrogen and oxygen atoms in total. The van der Waals surface area contributed by atoms with Crippen molar-refractivity contribution in [2.24, 2.45) is 11.1 Å². The molecule has 0 aliphatic heterocycles. The molecule has 0 spiro atoms. The van der Waals surface area contributed by atoms with E-state index in [0.29, 0.717) is 23.9 Å². The summed E-state index contributed by atoms with van der Waals surface area (Å²) in [6.45, 7) is 6.64. The highest BCUT2D eigenvalue weighted by molar-refractivity contribution is 5.98. The Morgan fingerprint density at radius 2 is 2.00 bits per heavy atom. The highest BCUT2D eigenvalue weighted by atomic mass is 16.1. The van der Waals surface area contributed by atoms with Crippen LogP contribution in [0.2, 0.25) is 0 Å². The van der Waals surface area contributed by atoms with E-state index in [1.165, 1.54) is 12.4 Å². The van der Waals surface area contributed by atoms with Crippen LogP contribution in [0.25, 0.3) is 0 Å². The number of amides is 1. The van der Waals surface area contributed by atoms with Crippen LogP contribution in [0.3, 0.4) is 0 Å². The molecule has 152 valence electrons. The first-order chi connectivity index (χ1) is 13.7. The maximum absolute atomic E-state index is 12.7. The average Bonchev–Trinajstić information content (AvgIpc) is 2.65. The molecule has 1 amide bonds. The Hall–Kier alpha value is -3.32. The Bertz CT molecular complexity index is 909. The lowest BCUT2D eigenvalue weighted by Crippen LogP contribution is -2.45. The summed E-state index contributed by atoms with van der Waals surface area (Å²) in [7, 11) is 0. The van der Waals surface area contributed by atoms with Crippen molar-refractivity contribution in [1.82, 2.24) is 25.5 Å². The topological polar surface area (TPSA) is 155 Å². The van der Waals surface area contributed by atoms with Crippen LogP contribution in [0.5, 0.6) is 0 Å². The first-order valence-electron chi connectivity index (χ1n) is 9.41. The molecule has 0 aromatic carbocycles. The highest BCUT2D eigenvalue weighted by Gasteiger charge is 2.28. The molecule has 5 N–H and O–H groups in total. The van der Waals surface area contributed by atoms with E-state index in [2.05, 4.69) is 36.1 Å². The van der Waals surface area contributed by atoms with Crippen LogP contribution in [0.4, 0.5) is 17.3 Å². The van der Waals surface area contributed by atoms with Gasteiger partial charge in [-0.3, -0.25) is 4.79 Å². The second-order valence-electron chi connectivity index (χ2n) is 8.33. The predicted molar refractivity (Wildman–Crippen MR) is 108 cm³/mol. The van der Waals surface area contributed by atoms with Gasteiger partial charge in [-0.1, -0.05) is 20.8 Å². The van der Waals surface area contributed by atoms with Gasteiger partial charge in [-0.05, 0) is 18.3 Å².